The van der Waals surface area contributed by atoms with Crippen LogP contribution in [0.25, 0.3) is 0 Å². The van der Waals surface area contributed by atoms with Crippen LogP contribution >= 0.6 is 24.0 Å². The maximum Gasteiger partial charge on any atom is 0.168 e. The number of rotatable bonds is 2. The van der Waals surface area contributed by atoms with Gasteiger partial charge in [-0.2, -0.15) is 0 Å². The number of nitrogens with one attached hydrogen (secondary N) is 1. The molecule has 1 aromatic rings. The fourth-order valence-corrected chi connectivity index (χ4v) is 1.45. The zero-order chi connectivity index (χ0) is 9.26. The minimum Gasteiger partial charge on any atom is -0.315 e. The van der Waals surface area contributed by atoms with Crippen molar-refractivity contribution in [1.29, 1.82) is 0 Å². The summed E-state index contributed by atoms with van der Waals surface area (Å²) >= 11 is 5.72. The van der Waals surface area contributed by atoms with E-state index in [1.54, 1.807) is 24.3 Å². The Hall–Kier alpha value is -0.570. The summed E-state index contributed by atoms with van der Waals surface area (Å²) in [5, 5.41) is 3.75. The summed E-state index contributed by atoms with van der Waals surface area (Å²) in [7, 11) is 0. The van der Waals surface area contributed by atoms with Crippen LogP contribution in [0.4, 0.5) is 0 Å². The van der Waals surface area contributed by atoms with Gasteiger partial charge in [0.25, 0.3) is 0 Å². The van der Waals surface area contributed by atoms with Crippen molar-refractivity contribution in [3.8, 4) is 0 Å². The molecule has 0 radical (unpaired) electrons. The van der Waals surface area contributed by atoms with Crippen LogP contribution in [-0.4, -0.2) is 18.9 Å². The molecule has 0 spiro atoms. The van der Waals surface area contributed by atoms with Crippen molar-refractivity contribution < 1.29 is 4.79 Å². The Morgan fingerprint density at radius 3 is 2.29 bits per heavy atom. The molecule has 1 aliphatic rings. The summed E-state index contributed by atoms with van der Waals surface area (Å²) in [6, 6.07) is 7.06. The Morgan fingerprint density at radius 2 is 1.86 bits per heavy atom. The van der Waals surface area contributed by atoms with Gasteiger partial charge >= 0.3 is 0 Å². The monoisotopic (exact) mass is 231 g/mol. The Kier molecular flexibility index (Phi) is 3.93. The van der Waals surface area contributed by atoms with E-state index in [0.717, 1.165) is 18.7 Å². The van der Waals surface area contributed by atoms with Gasteiger partial charge in [0, 0.05) is 29.6 Å². The van der Waals surface area contributed by atoms with E-state index in [1.807, 2.05) is 0 Å². The Morgan fingerprint density at radius 1 is 1.29 bits per heavy atom. The summed E-state index contributed by atoms with van der Waals surface area (Å²) in [5.74, 6) is 0.386. The highest BCUT2D eigenvalue weighted by atomic mass is 35.5. The SMILES string of the molecule is Cl.O=C(c1ccc(Cl)cc1)C1CNC1. The zero-order valence-electron chi connectivity index (χ0n) is 7.50. The van der Waals surface area contributed by atoms with Crippen LogP contribution in [0.1, 0.15) is 10.4 Å². The van der Waals surface area contributed by atoms with Gasteiger partial charge in [0.15, 0.2) is 5.78 Å². The molecular weight excluding hydrogens is 221 g/mol. The largest absolute Gasteiger partial charge is 0.315 e. The fraction of sp³-hybridized carbons (Fsp3) is 0.300. The molecular formula is C10H11Cl2NO. The van der Waals surface area contributed by atoms with Gasteiger partial charge in [-0.3, -0.25) is 4.79 Å². The van der Waals surface area contributed by atoms with Crippen molar-refractivity contribution >= 4 is 29.8 Å². The molecule has 0 saturated carbocycles. The van der Waals surface area contributed by atoms with Crippen molar-refractivity contribution in [3.63, 3.8) is 0 Å². The summed E-state index contributed by atoms with van der Waals surface area (Å²) < 4.78 is 0. The highest BCUT2D eigenvalue weighted by Crippen LogP contribution is 2.15. The first-order chi connectivity index (χ1) is 6.27. The van der Waals surface area contributed by atoms with Crippen LogP contribution in [0.5, 0.6) is 0 Å². The zero-order valence-corrected chi connectivity index (χ0v) is 9.07. The highest BCUT2D eigenvalue weighted by molar-refractivity contribution is 6.30. The third-order valence-electron chi connectivity index (χ3n) is 2.28. The van der Waals surface area contributed by atoms with Crippen LogP contribution < -0.4 is 5.32 Å². The second-order valence-corrected chi connectivity index (χ2v) is 3.66. The first-order valence-corrected chi connectivity index (χ1v) is 4.65. The Balaban J connectivity index is 0.000000980. The number of carbonyl (C=O) groups excluding carboxylic acids is 1. The molecule has 1 aliphatic heterocycles. The Labute approximate surface area is 94.1 Å². The molecule has 1 aromatic carbocycles. The molecule has 0 aromatic heterocycles. The number of hydrogen-bond acceptors (Lipinski definition) is 2. The standard InChI is InChI=1S/C10H10ClNO.ClH/c11-9-3-1-7(2-4-9)10(13)8-5-12-6-8;/h1-4,8,12H,5-6H2;1H. The van der Waals surface area contributed by atoms with Gasteiger partial charge in [-0.25, -0.2) is 0 Å². The molecule has 0 unspecified atom stereocenters. The van der Waals surface area contributed by atoms with E-state index in [9.17, 15) is 4.79 Å². The first-order valence-electron chi connectivity index (χ1n) is 4.28. The van der Waals surface area contributed by atoms with E-state index in [1.165, 1.54) is 0 Å². The minimum atomic E-state index is 0. The van der Waals surface area contributed by atoms with Crippen molar-refractivity contribution in [1.82, 2.24) is 5.32 Å². The maximum absolute atomic E-state index is 11.7. The Bertz CT molecular complexity index is 319. The van der Waals surface area contributed by atoms with Gasteiger partial charge < -0.3 is 5.32 Å². The van der Waals surface area contributed by atoms with Crippen molar-refractivity contribution in [2.75, 3.05) is 13.1 Å². The summed E-state index contributed by atoms with van der Waals surface area (Å²) in [4.78, 5) is 11.7. The molecule has 1 heterocycles. The third kappa shape index (κ3) is 2.27. The summed E-state index contributed by atoms with van der Waals surface area (Å²) in [6.07, 6.45) is 0. The molecule has 76 valence electrons. The topological polar surface area (TPSA) is 29.1 Å². The molecule has 0 bridgehead atoms. The average Bonchev–Trinajstić information content (AvgIpc) is 2.02. The van der Waals surface area contributed by atoms with Crippen molar-refractivity contribution in [2.45, 2.75) is 0 Å². The molecule has 2 nitrogen and oxygen atoms in total. The molecule has 14 heavy (non-hydrogen) atoms. The van der Waals surface area contributed by atoms with Crippen LogP contribution in [0.2, 0.25) is 5.02 Å². The lowest BCUT2D eigenvalue weighted by Gasteiger charge is -2.25. The molecule has 0 aliphatic carbocycles. The predicted octanol–water partition coefficient (Wildman–Crippen LogP) is 2.16. The van der Waals surface area contributed by atoms with E-state index in [2.05, 4.69) is 5.32 Å². The number of hydrogen-bond donors (Lipinski definition) is 1. The number of halogens is 2. The van der Waals surface area contributed by atoms with E-state index in [0.29, 0.717) is 5.02 Å². The van der Waals surface area contributed by atoms with Gasteiger partial charge in [0.05, 0.1) is 0 Å². The number of ketones is 1. The van der Waals surface area contributed by atoms with E-state index >= 15 is 0 Å². The second-order valence-electron chi connectivity index (χ2n) is 3.23. The lowest BCUT2D eigenvalue weighted by atomic mass is 9.93. The van der Waals surface area contributed by atoms with Crippen LogP contribution in [0.3, 0.4) is 0 Å². The van der Waals surface area contributed by atoms with Crippen LogP contribution in [0.15, 0.2) is 24.3 Å². The van der Waals surface area contributed by atoms with Gasteiger partial charge in [-0.1, -0.05) is 11.6 Å². The van der Waals surface area contributed by atoms with Gasteiger partial charge in [-0.05, 0) is 24.3 Å². The summed E-state index contributed by atoms with van der Waals surface area (Å²) in [6.45, 7) is 1.61. The molecule has 0 atom stereocenters. The van der Waals surface area contributed by atoms with Gasteiger partial charge in [0.1, 0.15) is 0 Å². The van der Waals surface area contributed by atoms with Gasteiger partial charge in [0.2, 0.25) is 0 Å². The third-order valence-corrected chi connectivity index (χ3v) is 2.53. The number of benzene rings is 1. The normalized spacial score (nSPS) is 15.5. The fourth-order valence-electron chi connectivity index (χ4n) is 1.32. The lowest BCUT2D eigenvalue weighted by Crippen LogP contribution is -2.46. The van der Waals surface area contributed by atoms with Crippen LogP contribution in [-0.2, 0) is 0 Å². The molecule has 1 N–H and O–H groups in total. The van der Waals surface area contributed by atoms with Crippen LogP contribution in [0, 0.1) is 5.92 Å². The van der Waals surface area contributed by atoms with Crippen molar-refractivity contribution in [3.05, 3.63) is 34.9 Å². The molecule has 1 saturated heterocycles. The molecule has 1 fully saturated rings. The smallest absolute Gasteiger partial charge is 0.168 e. The van der Waals surface area contributed by atoms with E-state index < -0.39 is 0 Å². The number of carbonyl (C=O) groups is 1. The van der Waals surface area contributed by atoms with E-state index in [-0.39, 0.29) is 24.1 Å². The number of Topliss-reactive ketones (excluding diaryl/α,β-unsaturated/α-hetero) is 1. The molecule has 2 rings (SSSR count). The van der Waals surface area contributed by atoms with E-state index in [4.69, 9.17) is 11.6 Å². The second kappa shape index (κ2) is 4.78. The minimum absolute atomic E-state index is 0. The van der Waals surface area contributed by atoms with Gasteiger partial charge in [-0.15, -0.1) is 12.4 Å². The predicted molar refractivity (Wildman–Crippen MR) is 59.4 cm³/mol. The maximum atomic E-state index is 11.7. The van der Waals surface area contributed by atoms with Crippen molar-refractivity contribution in [2.24, 2.45) is 5.92 Å². The first kappa shape index (κ1) is 11.5. The quantitative estimate of drug-likeness (QED) is 0.791. The lowest BCUT2D eigenvalue weighted by molar-refractivity contribution is 0.0878. The molecule has 0 amide bonds. The highest BCUT2D eigenvalue weighted by Gasteiger charge is 2.25. The summed E-state index contributed by atoms with van der Waals surface area (Å²) in [5.41, 5.74) is 0.760. The average molecular weight is 232 g/mol. The molecule has 4 heteroatoms.